The Morgan fingerprint density at radius 1 is 1.47 bits per heavy atom. The lowest BCUT2D eigenvalue weighted by atomic mass is 10.1. The Labute approximate surface area is 88.7 Å². The Bertz CT molecular complexity index is 362. The molecular formula is C11H16N2O2. The van der Waals surface area contributed by atoms with Gasteiger partial charge in [0.1, 0.15) is 0 Å². The first kappa shape index (κ1) is 11.5. The van der Waals surface area contributed by atoms with Gasteiger partial charge in [-0.05, 0) is 18.4 Å². The summed E-state index contributed by atoms with van der Waals surface area (Å²) in [4.78, 5) is 24.7. The van der Waals surface area contributed by atoms with E-state index in [0.717, 1.165) is 6.42 Å². The molecule has 0 atom stereocenters. The number of hydrogen-bond acceptors (Lipinski definition) is 2. The van der Waals surface area contributed by atoms with Crippen LogP contribution < -0.4 is 10.9 Å². The molecule has 4 heteroatoms. The summed E-state index contributed by atoms with van der Waals surface area (Å²) in [6.45, 7) is 4.87. The zero-order chi connectivity index (χ0) is 11.3. The third-order valence-corrected chi connectivity index (χ3v) is 2.05. The first-order valence-electron chi connectivity index (χ1n) is 5.06. The van der Waals surface area contributed by atoms with E-state index in [0.29, 0.717) is 18.0 Å². The third kappa shape index (κ3) is 3.97. The molecule has 0 bridgehead atoms. The van der Waals surface area contributed by atoms with Crippen LogP contribution in [0.4, 0.5) is 0 Å². The van der Waals surface area contributed by atoms with E-state index in [1.807, 2.05) is 0 Å². The van der Waals surface area contributed by atoms with E-state index >= 15 is 0 Å². The van der Waals surface area contributed by atoms with E-state index in [1.165, 1.54) is 18.3 Å². The molecule has 0 radical (unpaired) electrons. The molecule has 0 unspecified atom stereocenters. The summed E-state index contributed by atoms with van der Waals surface area (Å²) in [5.41, 5.74) is 0.284. The zero-order valence-corrected chi connectivity index (χ0v) is 9.04. The van der Waals surface area contributed by atoms with Crippen molar-refractivity contribution < 1.29 is 4.79 Å². The smallest absolute Gasteiger partial charge is 0.252 e. The van der Waals surface area contributed by atoms with Crippen molar-refractivity contribution in [1.29, 1.82) is 0 Å². The van der Waals surface area contributed by atoms with Crippen molar-refractivity contribution in [2.24, 2.45) is 5.92 Å². The largest absolute Gasteiger partial charge is 0.352 e. The van der Waals surface area contributed by atoms with Crippen molar-refractivity contribution in [1.82, 2.24) is 10.3 Å². The van der Waals surface area contributed by atoms with Gasteiger partial charge in [-0.25, -0.2) is 0 Å². The van der Waals surface area contributed by atoms with Gasteiger partial charge in [-0.15, -0.1) is 0 Å². The van der Waals surface area contributed by atoms with Crippen LogP contribution in [0.3, 0.4) is 0 Å². The van der Waals surface area contributed by atoms with Crippen LogP contribution in [0.25, 0.3) is 0 Å². The molecule has 2 N–H and O–H groups in total. The van der Waals surface area contributed by atoms with Gasteiger partial charge in [-0.1, -0.05) is 13.8 Å². The van der Waals surface area contributed by atoms with Crippen LogP contribution in [0, 0.1) is 5.92 Å². The summed E-state index contributed by atoms with van der Waals surface area (Å²) in [5.74, 6) is 0.424. The van der Waals surface area contributed by atoms with Crippen molar-refractivity contribution in [2.75, 3.05) is 6.54 Å². The molecule has 1 aromatic heterocycles. The molecule has 0 saturated carbocycles. The van der Waals surface area contributed by atoms with Gasteiger partial charge in [0.15, 0.2) is 0 Å². The summed E-state index contributed by atoms with van der Waals surface area (Å²) in [7, 11) is 0. The molecule has 0 fully saturated rings. The fourth-order valence-corrected chi connectivity index (χ4v) is 1.13. The fourth-order valence-electron chi connectivity index (χ4n) is 1.13. The molecule has 82 valence electrons. The second kappa shape index (κ2) is 5.34. The summed E-state index contributed by atoms with van der Waals surface area (Å²) in [6.07, 6.45) is 2.38. The average Bonchev–Trinajstić information content (AvgIpc) is 2.18. The molecule has 4 nitrogen and oxygen atoms in total. The molecule has 1 aromatic rings. The number of H-pyrrole nitrogens is 1. The number of carbonyl (C=O) groups is 1. The van der Waals surface area contributed by atoms with Gasteiger partial charge in [0, 0.05) is 18.8 Å². The van der Waals surface area contributed by atoms with Gasteiger partial charge in [-0.3, -0.25) is 9.59 Å². The lowest BCUT2D eigenvalue weighted by molar-refractivity contribution is 0.0951. The summed E-state index contributed by atoms with van der Waals surface area (Å²) < 4.78 is 0. The predicted molar refractivity (Wildman–Crippen MR) is 58.9 cm³/mol. The predicted octanol–water partition coefficient (Wildman–Crippen LogP) is 1.15. The van der Waals surface area contributed by atoms with Gasteiger partial charge in [0.05, 0.1) is 5.56 Å². The van der Waals surface area contributed by atoms with Crippen molar-refractivity contribution in [3.63, 3.8) is 0 Å². The Balaban J connectivity index is 2.47. The van der Waals surface area contributed by atoms with E-state index in [4.69, 9.17) is 0 Å². The minimum Gasteiger partial charge on any atom is -0.352 e. The molecule has 1 amide bonds. The Hall–Kier alpha value is -1.58. The highest BCUT2D eigenvalue weighted by Crippen LogP contribution is 1.98. The van der Waals surface area contributed by atoms with E-state index in [-0.39, 0.29) is 11.5 Å². The van der Waals surface area contributed by atoms with E-state index in [1.54, 1.807) is 0 Å². The summed E-state index contributed by atoms with van der Waals surface area (Å²) in [5, 5.41) is 2.79. The lowest BCUT2D eigenvalue weighted by Crippen LogP contribution is -2.25. The summed E-state index contributed by atoms with van der Waals surface area (Å²) >= 11 is 0. The molecule has 15 heavy (non-hydrogen) atoms. The van der Waals surface area contributed by atoms with Crippen molar-refractivity contribution in [3.8, 4) is 0 Å². The number of rotatable bonds is 4. The monoisotopic (exact) mass is 208 g/mol. The minimum absolute atomic E-state index is 0.146. The standard InChI is InChI=1S/C11H16N2O2/c1-8(2)5-6-12-11(15)9-3-4-10(14)13-7-9/h3-4,7-8H,5-6H2,1-2H3,(H,12,15)(H,13,14). The van der Waals surface area contributed by atoms with E-state index < -0.39 is 0 Å². The topological polar surface area (TPSA) is 62.0 Å². The second-order valence-electron chi connectivity index (χ2n) is 3.88. The zero-order valence-electron chi connectivity index (χ0n) is 9.04. The molecule has 1 rings (SSSR count). The Morgan fingerprint density at radius 2 is 2.20 bits per heavy atom. The number of aromatic amines is 1. The van der Waals surface area contributed by atoms with Crippen LogP contribution in [0.2, 0.25) is 0 Å². The maximum Gasteiger partial charge on any atom is 0.252 e. The molecule has 0 aliphatic carbocycles. The number of aromatic nitrogens is 1. The molecule has 0 spiro atoms. The van der Waals surface area contributed by atoms with Crippen LogP contribution in [-0.2, 0) is 0 Å². The Kier molecular flexibility index (Phi) is 4.09. The number of nitrogens with one attached hydrogen (secondary N) is 2. The minimum atomic E-state index is -0.200. The van der Waals surface area contributed by atoms with Crippen LogP contribution >= 0.6 is 0 Å². The SMILES string of the molecule is CC(C)CCNC(=O)c1ccc(=O)[nH]c1. The van der Waals surface area contributed by atoms with Gasteiger partial charge in [0.2, 0.25) is 5.56 Å². The molecule has 1 heterocycles. The third-order valence-electron chi connectivity index (χ3n) is 2.05. The average molecular weight is 208 g/mol. The van der Waals surface area contributed by atoms with Crippen LogP contribution in [-0.4, -0.2) is 17.4 Å². The second-order valence-corrected chi connectivity index (χ2v) is 3.88. The quantitative estimate of drug-likeness (QED) is 0.779. The van der Waals surface area contributed by atoms with Crippen LogP contribution in [0.5, 0.6) is 0 Å². The molecule has 0 aliphatic rings. The highest BCUT2D eigenvalue weighted by Gasteiger charge is 2.04. The lowest BCUT2D eigenvalue weighted by Gasteiger charge is -2.06. The Morgan fingerprint density at radius 3 is 2.73 bits per heavy atom. The van der Waals surface area contributed by atoms with Crippen LogP contribution in [0.1, 0.15) is 30.6 Å². The first-order chi connectivity index (χ1) is 7.09. The summed E-state index contributed by atoms with van der Waals surface area (Å²) in [6, 6.07) is 2.86. The first-order valence-corrected chi connectivity index (χ1v) is 5.06. The number of hydrogen-bond donors (Lipinski definition) is 2. The van der Waals surface area contributed by atoms with Crippen molar-refractivity contribution >= 4 is 5.91 Å². The normalized spacial score (nSPS) is 10.3. The highest BCUT2D eigenvalue weighted by molar-refractivity contribution is 5.93. The van der Waals surface area contributed by atoms with E-state index in [9.17, 15) is 9.59 Å². The van der Waals surface area contributed by atoms with Crippen LogP contribution in [0.15, 0.2) is 23.1 Å². The van der Waals surface area contributed by atoms with E-state index in [2.05, 4.69) is 24.1 Å². The maximum atomic E-state index is 11.5. The van der Waals surface area contributed by atoms with Crippen molar-refractivity contribution in [3.05, 3.63) is 34.2 Å². The molecule has 0 aromatic carbocycles. The van der Waals surface area contributed by atoms with Gasteiger partial charge >= 0.3 is 0 Å². The molecule has 0 aliphatic heterocycles. The molecular weight excluding hydrogens is 192 g/mol. The fraction of sp³-hybridized carbons (Fsp3) is 0.455. The maximum absolute atomic E-state index is 11.5. The molecule has 0 saturated heterocycles. The van der Waals surface area contributed by atoms with Crippen molar-refractivity contribution in [2.45, 2.75) is 20.3 Å². The number of amides is 1. The number of pyridine rings is 1. The number of carbonyl (C=O) groups excluding carboxylic acids is 1. The van der Waals surface area contributed by atoms with Gasteiger partial charge in [-0.2, -0.15) is 0 Å². The van der Waals surface area contributed by atoms with Gasteiger partial charge in [0.25, 0.3) is 5.91 Å². The van der Waals surface area contributed by atoms with Gasteiger partial charge < -0.3 is 10.3 Å². The highest BCUT2D eigenvalue weighted by atomic mass is 16.1.